The number of thiocarbonyl (C=S) groups is 1. The third-order valence-electron chi connectivity index (χ3n) is 3.90. The molecule has 3 rings (SSSR count). The lowest BCUT2D eigenvalue weighted by molar-refractivity contribution is 0.659. The van der Waals surface area contributed by atoms with Gasteiger partial charge in [-0.25, -0.2) is 0 Å². The normalized spacial score (nSPS) is 13.9. The molecule has 2 N–H and O–H groups in total. The summed E-state index contributed by atoms with van der Waals surface area (Å²) in [5, 5.41) is 13.1. The highest BCUT2D eigenvalue weighted by atomic mass is 35.5. The van der Waals surface area contributed by atoms with E-state index in [2.05, 4.69) is 15.7 Å². The topological polar surface area (TPSA) is 41.9 Å². The van der Waals surface area contributed by atoms with Gasteiger partial charge in [0.1, 0.15) is 0 Å². The lowest BCUT2D eigenvalue weighted by atomic mass is 10.2. The van der Waals surface area contributed by atoms with E-state index < -0.39 is 0 Å². The Kier molecular flexibility index (Phi) is 4.80. The predicted octanol–water partition coefficient (Wildman–Crippen LogP) is 4.30. The number of aromatic nitrogens is 2. The molecule has 0 bridgehead atoms. The second-order valence-corrected chi connectivity index (χ2v) is 7.00. The molecule has 0 spiro atoms. The highest BCUT2D eigenvalue weighted by molar-refractivity contribution is 7.80. The molecular weight excluding hydrogens is 351 g/mol. The van der Waals surface area contributed by atoms with E-state index in [1.54, 1.807) is 0 Å². The molecule has 122 valence electrons. The zero-order valence-electron chi connectivity index (χ0n) is 13.0. The van der Waals surface area contributed by atoms with Crippen LogP contribution in [0.4, 0.5) is 5.69 Å². The van der Waals surface area contributed by atoms with E-state index in [0.29, 0.717) is 27.7 Å². The van der Waals surface area contributed by atoms with Crippen molar-refractivity contribution in [1.29, 1.82) is 0 Å². The lowest BCUT2D eigenvalue weighted by Crippen LogP contribution is -2.30. The number of hydrogen-bond acceptors (Lipinski definition) is 2. The van der Waals surface area contributed by atoms with Crippen molar-refractivity contribution in [2.45, 2.75) is 39.3 Å². The van der Waals surface area contributed by atoms with Gasteiger partial charge in [0.2, 0.25) is 0 Å². The van der Waals surface area contributed by atoms with Crippen LogP contribution < -0.4 is 10.6 Å². The highest BCUT2D eigenvalue weighted by Crippen LogP contribution is 2.27. The number of hydrogen-bond donors (Lipinski definition) is 2. The molecule has 0 unspecified atom stereocenters. The molecule has 1 heterocycles. The number of nitrogens with zero attached hydrogens (tertiary/aromatic N) is 2. The first-order valence-electron chi connectivity index (χ1n) is 7.50. The van der Waals surface area contributed by atoms with Crippen LogP contribution in [0, 0.1) is 13.8 Å². The van der Waals surface area contributed by atoms with E-state index in [1.165, 1.54) is 12.8 Å². The van der Waals surface area contributed by atoms with Crippen LogP contribution in [-0.2, 0) is 6.54 Å². The fourth-order valence-electron chi connectivity index (χ4n) is 2.43. The van der Waals surface area contributed by atoms with Crippen molar-refractivity contribution in [3.63, 3.8) is 0 Å². The molecule has 0 radical (unpaired) electrons. The maximum atomic E-state index is 6.25. The summed E-state index contributed by atoms with van der Waals surface area (Å²) in [6.45, 7) is 4.49. The van der Waals surface area contributed by atoms with Crippen molar-refractivity contribution in [3.8, 4) is 0 Å². The summed E-state index contributed by atoms with van der Waals surface area (Å²) in [5.74, 6) is 0. The van der Waals surface area contributed by atoms with E-state index in [4.69, 9.17) is 35.4 Å². The number of benzene rings is 1. The van der Waals surface area contributed by atoms with Crippen molar-refractivity contribution >= 4 is 46.2 Å². The monoisotopic (exact) mass is 368 g/mol. The van der Waals surface area contributed by atoms with Gasteiger partial charge in [-0.05, 0) is 51.0 Å². The van der Waals surface area contributed by atoms with Crippen LogP contribution in [0.3, 0.4) is 0 Å². The average molecular weight is 369 g/mol. The Balaban J connectivity index is 1.81. The average Bonchev–Trinajstić information content (AvgIpc) is 3.26. The van der Waals surface area contributed by atoms with Gasteiger partial charge in [0.05, 0.1) is 23.6 Å². The van der Waals surface area contributed by atoms with Crippen molar-refractivity contribution < 1.29 is 0 Å². The number of rotatable bonds is 4. The Morgan fingerprint density at radius 1 is 1.30 bits per heavy atom. The van der Waals surface area contributed by atoms with Gasteiger partial charge in [0.25, 0.3) is 0 Å². The van der Waals surface area contributed by atoms with Crippen LogP contribution in [0.25, 0.3) is 0 Å². The number of aryl methyl sites for hydroxylation is 1. The summed E-state index contributed by atoms with van der Waals surface area (Å²) in [6, 6.07) is 6.03. The summed E-state index contributed by atoms with van der Waals surface area (Å²) >= 11 is 17.9. The largest absolute Gasteiger partial charge is 0.360 e. The summed E-state index contributed by atoms with van der Waals surface area (Å²) < 4.78 is 1.89. The van der Waals surface area contributed by atoms with Gasteiger partial charge < -0.3 is 10.6 Å². The van der Waals surface area contributed by atoms with E-state index in [1.807, 2.05) is 36.7 Å². The van der Waals surface area contributed by atoms with Crippen LogP contribution >= 0.6 is 35.4 Å². The summed E-state index contributed by atoms with van der Waals surface area (Å²) in [4.78, 5) is 0. The molecule has 1 fully saturated rings. The van der Waals surface area contributed by atoms with Gasteiger partial charge >= 0.3 is 0 Å². The lowest BCUT2D eigenvalue weighted by Gasteiger charge is -2.11. The third kappa shape index (κ3) is 3.79. The minimum absolute atomic E-state index is 0.521. The molecular formula is C16H18Cl2N4S. The summed E-state index contributed by atoms with van der Waals surface area (Å²) in [6.07, 6.45) is 2.37. The van der Waals surface area contributed by atoms with Crippen LogP contribution in [-0.4, -0.2) is 20.9 Å². The Labute approximate surface area is 151 Å². The molecule has 1 saturated carbocycles. The fraction of sp³-hybridized carbons (Fsp3) is 0.375. The van der Waals surface area contributed by atoms with Crippen LogP contribution in [0.1, 0.15) is 29.8 Å². The highest BCUT2D eigenvalue weighted by Gasteiger charge is 2.22. The molecule has 4 nitrogen and oxygen atoms in total. The minimum atomic E-state index is 0.521. The first kappa shape index (κ1) is 16.6. The van der Waals surface area contributed by atoms with E-state index in [0.717, 1.165) is 22.6 Å². The quantitative estimate of drug-likeness (QED) is 0.789. The zero-order chi connectivity index (χ0) is 16.6. The molecule has 2 aromatic rings. The van der Waals surface area contributed by atoms with Gasteiger partial charge in [0, 0.05) is 21.7 Å². The first-order chi connectivity index (χ1) is 11.0. The second kappa shape index (κ2) is 6.67. The van der Waals surface area contributed by atoms with Crippen molar-refractivity contribution in [2.75, 3.05) is 5.32 Å². The number of anilines is 1. The van der Waals surface area contributed by atoms with Crippen molar-refractivity contribution in [2.24, 2.45) is 0 Å². The standard InChI is InChI=1S/C16H18Cl2N4S/c1-9-15(20-16(23)19-11-6-7-11)10(2)22(21-9)8-12-13(17)4-3-5-14(12)18/h3-5,11H,6-8H2,1-2H3,(H2,19,20,23). The first-order valence-corrected chi connectivity index (χ1v) is 8.66. The van der Waals surface area contributed by atoms with Crippen LogP contribution in [0.2, 0.25) is 10.0 Å². The molecule has 1 aromatic carbocycles. The predicted molar refractivity (Wildman–Crippen MR) is 99.6 cm³/mol. The number of halogens is 2. The maximum absolute atomic E-state index is 6.25. The van der Waals surface area contributed by atoms with Crippen LogP contribution in [0.5, 0.6) is 0 Å². The summed E-state index contributed by atoms with van der Waals surface area (Å²) in [7, 11) is 0. The van der Waals surface area contributed by atoms with Gasteiger partial charge in [-0.3, -0.25) is 4.68 Å². The minimum Gasteiger partial charge on any atom is -0.360 e. The number of nitrogens with one attached hydrogen (secondary N) is 2. The third-order valence-corrected chi connectivity index (χ3v) is 4.83. The Morgan fingerprint density at radius 2 is 1.96 bits per heavy atom. The molecule has 1 aromatic heterocycles. The van der Waals surface area contributed by atoms with Crippen molar-refractivity contribution in [3.05, 3.63) is 45.2 Å². The molecule has 1 aliphatic carbocycles. The van der Waals surface area contributed by atoms with Gasteiger partial charge in [-0.2, -0.15) is 5.10 Å². The SMILES string of the molecule is Cc1nn(Cc2c(Cl)cccc2Cl)c(C)c1NC(=S)NC1CC1. The van der Waals surface area contributed by atoms with Gasteiger partial charge in [-0.1, -0.05) is 29.3 Å². The van der Waals surface area contributed by atoms with Crippen LogP contribution in [0.15, 0.2) is 18.2 Å². The second-order valence-electron chi connectivity index (χ2n) is 5.78. The molecule has 0 atom stereocenters. The van der Waals surface area contributed by atoms with Gasteiger partial charge in [-0.15, -0.1) is 0 Å². The van der Waals surface area contributed by atoms with E-state index in [9.17, 15) is 0 Å². The molecule has 7 heteroatoms. The van der Waals surface area contributed by atoms with Gasteiger partial charge in [0.15, 0.2) is 5.11 Å². The molecule has 23 heavy (non-hydrogen) atoms. The van der Waals surface area contributed by atoms with Crippen molar-refractivity contribution in [1.82, 2.24) is 15.1 Å². The molecule has 0 amide bonds. The maximum Gasteiger partial charge on any atom is 0.171 e. The molecule has 0 saturated heterocycles. The van der Waals surface area contributed by atoms with E-state index in [-0.39, 0.29) is 0 Å². The zero-order valence-corrected chi connectivity index (χ0v) is 15.3. The summed E-state index contributed by atoms with van der Waals surface area (Å²) in [5.41, 5.74) is 3.70. The molecule has 1 aliphatic rings. The Morgan fingerprint density at radius 3 is 2.57 bits per heavy atom. The smallest absolute Gasteiger partial charge is 0.171 e. The Bertz CT molecular complexity index is 733. The molecule has 0 aliphatic heterocycles. The fourth-order valence-corrected chi connectivity index (χ4v) is 3.21. The Hall–Kier alpha value is -1.30. The van der Waals surface area contributed by atoms with E-state index >= 15 is 0 Å².